The van der Waals surface area contributed by atoms with Crippen molar-refractivity contribution in [2.75, 3.05) is 19.6 Å². The molecule has 2 rings (SSSR count). The van der Waals surface area contributed by atoms with Gasteiger partial charge in [-0.2, -0.15) is 13.2 Å². The molecule has 0 aromatic heterocycles. The van der Waals surface area contributed by atoms with Crippen molar-refractivity contribution in [2.24, 2.45) is 5.41 Å². The Labute approximate surface area is 171 Å². The van der Waals surface area contributed by atoms with Crippen LogP contribution < -0.4 is 0 Å². The van der Waals surface area contributed by atoms with E-state index in [1.54, 1.807) is 0 Å². The van der Waals surface area contributed by atoms with E-state index in [4.69, 9.17) is 0 Å². The van der Waals surface area contributed by atoms with Gasteiger partial charge in [0.2, 0.25) is 0 Å². The molecule has 1 aromatic carbocycles. The first-order valence-corrected chi connectivity index (χ1v) is 10.5. The Kier molecular flexibility index (Phi) is 8.47. The van der Waals surface area contributed by atoms with Crippen LogP contribution in [0.25, 0.3) is 0 Å². The lowest BCUT2D eigenvalue weighted by Crippen LogP contribution is -2.49. The molecule has 0 saturated heterocycles. The number of nitrogens with zero attached hydrogens (tertiary/aromatic N) is 2. The van der Waals surface area contributed by atoms with Crippen LogP contribution >= 0.6 is 0 Å². The van der Waals surface area contributed by atoms with Crippen molar-refractivity contribution < 1.29 is 22.5 Å². The van der Waals surface area contributed by atoms with E-state index in [2.05, 4.69) is 11.5 Å². The van der Waals surface area contributed by atoms with E-state index in [0.29, 0.717) is 19.5 Å². The van der Waals surface area contributed by atoms with E-state index in [9.17, 15) is 18.0 Å². The third kappa shape index (κ3) is 7.02. The molecule has 29 heavy (non-hydrogen) atoms. The second-order valence-corrected chi connectivity index (χ2v) is 7.94. The summed E-state index contributed by atoms with van der Waals surface area (Å²) in [4.78, 5) is 13.1. The number of unbranched alkanes of at least 4 members (excludes halogenated alkanes) is 2. The fraction of sp³-hybridized carbons (Fsp3) is 0.565. The number of rotatable bonds is 10. The predicted molar refractivity (Wildman–Crippen MR) is 110 cm³/mol. The number of amides is 1. The second kappa shape index (κ2) is 10.6. The average Bonchev–Trinajstić information content (AvgIpc) is 2.69. The minimum absolute atomic E-state index is 0.0982. The van der Waals surface area contributed by atoms with Crippen LogP contribution in [0.1, 0.15) is 51.5 Å². The van der Waals surface area contributed by atoms with Crippen molar-refractivity contribution in [1.29, 1.82) is 0 Å². The average molecular weight is 410 g/mol. The number of halogens is 3. The number of alkyl halides is 3. The molecule has 0 saturated carbocycles. The highest BCUT2D eigenvalue weighted by molar-refractivity contribution is 5.82. The predicted octanol–water partition coefficient (Wildman–Crippen LogP) is 5.21. The number of carbonyl (C=O) groups excluding carboxylic acids is 1. The van der Waals surface area contributed by atoms with Crippen LogP contribution in [0.2, 0.25) is 0 Å². The van der Waals surface area contributed by atoms with Gasteiger partial charge in [0, 0.05) is 18.7 Å². The fourth-order valence-electron chi connectivity index (χ4n) is 3.84. The molecule has 0 radical (unpaired) electrons. The van der Waals surface area contributed by atoms with Gasteiger partial charge < -0.3 is 4.90 Å². The molecule has 1 atom stereocenters. The first kappa shape index (κ1) is 23.2. The van der Waals surface area contributed by atoms with Crippen LogP contribution in [0.15, 0.2) is 42.5 Å². The van der Waals surface area contributed by atoms with E-state index in [-0.39, 0.29) is 13.1 Å². The summed E-state index contributed by atoms with van der Waals surface area (Å²) >= 11 is 0. The van der Waals surface area contributed by atoms with Crippen molar-refractivity contribution in [1.82, 2.24) is 4.90 Å². The Morgan fingerprint density at radius 2 is 1.83 bits per heavy atom. The molecular weight excluding hydrogens is 377 g/mol. The maximum absolute atomic E-state index is 13.2. The summed E-state index contributed by atoms with van der Waals surface area (Å²) < 4.78 is 41.7. The SMILES string of the molecule is CCCCN(CC1(CCCC)C=CC=[N+](Cc2ccccc2)C1)C(=O)C(F)(F)F. The standard InChI is InChI=1S/C23H32F3N2O/c1-3-5-13-22(19-28(16-6-4-2)21(29)23(24,25)26)14-10-15-27(18-22)17-20-11-8-7-9-12-20/h7-12,14-15H,3-6,13,16-19H2,1-2H3/q+1. The van der Waals surface area contributed by atoms with Crippen molar-refractivity contribution >= 4 is 12.1 Å². The highest BCUT2D eigenvalue weighted by Gasteiger charge is 2.45. The van der Waals surface area contributed by atoms with Gasteiger partial charge in [0.1, 0.15) is 0 Å². The van der Waals surface area contributed by atoms with Crippen LogP contribution in [-0.2, 0) is 11.3 Å². The van der Waals surface area contributed by atoms with Crippen LogP contribution in [0.4, 0.5) is 13.2 Å². The molecule has 0 bridgehead atoms. The van der Waals surface area contributed by atoms with Crippen molar-refractivity contribution in [2.45, 2.75) is 58.7 Å². The quantitative estimate of drug-likeness (QED) is 0.487. The molecule has 6 heteroatoms. The minimum Gasteiger partial charge on any atom is -0.334 e. The van der Waals surface area contributed by atoms with Crippen LogP contribution in [0.3, 0.4) is 0 Å². The first-order valence-electron chi connectivity index (χ1n) is 10.5. The van der Waals surface area contributed by atoms with Gasteiger partial charge in [-0.05, 0) is 18.9 Å². The van der Waals surface area contributed by atoms with E-state index >= 15 is 0 Å². The molecule has 1 aliphatic rings. The summed E-state index contributed by atoms with van der Waals surface area (Å²) in [5.74, 6) is -1.72. The zero-order valence-corrected chi connectivity index (χ0v) is 17.4. The van der Waals surface area contributed by atoms with E-state index in [1.807, 2.05) is 55.6 Å². The fourth-order valence-corrected chi connectivity index (χ4v) is 3.84. The molecule has 0 N–H and O–H groups in total. The highest BCUT2D eigenvalue weighted by atomic mass is 19.4. The number of allylic oxidation sites excluding steroid dienone is 1. The number of carbonyl (C=O) groups is 1. The van der Waals surface area contributed by atoms with Crippen LogP contribution in [-0.4, -0.2) is 47.4 Å². The smallest absolute Gasteiger partial charge is 0.334 e. The monoisotopic (exact) mass is 409 g/mol. The minimum atomic E-state index is -4.84. The van der Waals surface area contributed by atoms with Crippen LogP contribution in [0.5, 0.6) is 0 Å². The summed E-state index contributed by atoms with van der Waals surface area (Å²) in [6, 6.07) is 10.0. The highest BCUT2D eigenvalue weighted by Crippen LogP contribution is 2.32. The lowest BCUT2D eigenvalue weighted by molar-refractivity contribution is -0.553. The molecule has 3 nitrogen and oxygen atoms in total. The van der Waals surface area contributed by atoms with E-state index in [1.165, 1.54) is 0 Å². The van der Waals surface area contributed by atoms with Crippen molar-refractivity contribution in [3.05, 3.63) is 48.0 Å². The first-order chi connectivity index (χ1) is 13.8. The van der Waals surface area contributed by atoms with Gasteiger partial charge >= 0.3 is 12.1 Å². The molecule has 0 spiro atoms. The van der Waals surface area contributed by atoms with E-state index < -0.39 is 17.5 Å². The molecule has 1 aliphatic heterocycles. The topological polar surface area (TPSA) is 23.3 Å². The molecule has 1 aromatic rings. The molecule has 1 amide bonds. The zero-order valence-electron chi connectivity index (χ0n) is 17.4. The van der Waals surface area contributed by atoms with E-state index in [0.717, 1.165) is 36.1 Å². The zero-order chi connectivity index (χ0) is 21.3. The van der Waals surface area contributed by atoms with Crippen LogP contribution in [0, 0.1) is 5.41 Å². The summed E-state index contributed by atoms with van der Waals surface area (Å²) in [5.41, 5.74) is 0.673. The van der Waals surface area contributed by atoms with Gasteiger partial charge in [-0.25, -0.2) is 4.58 Å². The van der Waals surface area contributed by atoms with Gasteiger partial charge in [0.15, 0.2) is 19.3 Å². The Balaban J connectivity index is 2.22. The number of hydrogen-bond acceptors (Lipinski definition) is 1. The Morgan fingerprint density at radius 1 is 1.14 bits per heavy atom. The summed E-state index contributed by atoms with van der Waals surface area (Å²) in [6.45, 7) is 5.53. The Hall–Kier alpha value is -2.11. The Bertz CT molecular complexity index is 713. The maximum atomic E-state index is 13.2. The molecule has 0 fully saturated rings. The molecule has 0 aliphatic carbocycles. The molecule has 160 valence electrons. The lowest BCUT2D eigenvalue weighted by atomic mass is 9.80. The number of hydrogen-bond donors (Lipinski definition) is 0. The number of benzene rings is 1. The maximum Gasteiger partial charge on any atom is 0.471 e. The van der Waals surface area contributed by atoms with Gasteiger partial charge in [-0.15, -0.1) is 0 Å². The largest absolute Gasteiger partial charge is 0.471 e. The van der Waals surface area contributed by atoms with Crippen molar-refractivity contribution in [3.8, 4) is 0 Å². The normalized spacial score (nSPS) is 19.1. The van der Waals surface area contributed by atoms with Gasteiger partial charge in [-0.1, -0.05) is 69.5 Å². The lowest BCUT2D eigenvalue weighted by Gasteiger charge is -2.36. The van der Waals surface area contributed by atoms with Gasteiger partial charge in [0.05, 0.1) is 5.41 Å². The molecular formula is C23H32F3N2O+. The molecule has 1 heterocycles. The summed E-state index contributed by atoms with van der Waals surface area (Å²) in [6.07, 6.45) is 5.01. The second-order valence-electron chi connectivity index (χ2n) is 7.94. The molecule has 1 unspecified atom stereocenters. The third-order valence-corrected chi connectivity index (χ3v) is 5.34. The van der Waals surface area contributed by atoms with Crippen molar-refractivity contribution in [3.63, 3.8) is 0 Å². The third-order valence-electron chi connectivity index (χ3n) is 5.34. The Morgan fingerprint density at radius 3 is 2.45 bits per heavy atom. The summed E-state index contributed by atoms with van der Waals surface area (Å²) in [5, 5.41) is 0. The van der Waals surface area contributed by atoms with Gasteiger partial charge in [0.25, 0.3) is 0 Å². The summed E-state index contributed by atoms with van der Waals surface area (Å²) in [7, 11) is 0. The van der Waals surface area contributed by atoms with Gasteiger partial charge in [-0.3, -0.25) is 4.79 Å².